The van der Waals surface area contributed by atoms with Gasteiger partial charge in [-0.1, -0.05) is 31.9 Å². The summed E-state index contributed by atoms with van der Waals surface area (Å²) in [5.74, 6) is -0.846. The predicted octanol–water partition coefficient (Wildman–Crippen LogP) is 2.74. The van der Waals surface area contributed by atoms with Crippen LogP contribution in [0.1, 0.15) is 51.9 Å². The molecule has 3 heteroatoms. The van der Waals surface area contributed by atoms with Gasteiger partial charge in [-0.3, -0.25) is 4.79 Å². The van der Waals surface area contributed by atoms with Gasteiger partial charge in [0.25, 0.3) is 0 Å². The van der Waals surface area contributed by atoms with Crippen LogP contribution in [0.25, 0.3) is 0 Å². The monoisotopic (exact) mass is 214 g/mol. The van der Waals surface area contributed by atoms with E-state index in [0.717, 1.165) is 6.42 Å². The molecule has 0 aromatic carbocycles. The van der Waals surface area contributed by atoms with Gasteiger partial charge in [0.15, 0.2) is 0 Å². The Hall–Kier alpha value is -0.830. The molecular formula is C12H22O3. The summed E-state index contributed by atoms with van der Waals surface area (Å²) in [6.45, 7) is 2.17. The Morgan fingerprint density at radius 2 is 2.07 bits per heavy atom. The van der Waals surface area contributed by atoms with Crippen LogP contribution in [0, 0.1) is 0 Å². The molecule has 2 N–H and O–H groups in total. The van der Waals surface area contributed by atoms with Gasteiger partial charge in [-0.15, -0.1) is 0 Å². The molecule has 0 spiro atoms. The standard InChI is InChI=1S/C12H22O3/c1-2-3-4-5-6-7-8-11(13)9-10-12(14)15/h6-7,11,13H,2-5,8-10H2,1H3,(H,14,15)/b7-6-. The number of allylic oxidation sites excluding steroid dienone is 1. The van der Waals surface area contributed by atoms with Crippen LogP contribution in [-0.2, 0) is 4.79 Å². The molecule has 88 valence electrons. The van der Waals surface area contributed by atoms with Crippen LogP contribution < -0.4 is 0 Å². The fraction of sp³-hybridized carbons (Fsp3) is 0.750. The summed E-state index contributed by atoms with van der Waals surface area (Å²) in [6, 6.07) is 0. The van der Waals surface area contributed by atoms with E-state index in [1.807, 2.05) is 6.08 Å². The highest BCUT2D eigenvalue weighted by molar-refractivity contribution is 5.66. The van der Waals surface area contributed by atoms with Crippen molar-refractivity contribution in [1.29, 1.82) is 0 Å². The number of carboxylic acid groups (broad SMARTS) is 1. The third-order valence-corrected chi connectivity index (χ3v) is 2.24. The average Bonchev–Trinajstić information content (AvgIpc) is 2.20. The van der Waals surface area contributed by atoms with Gasteiger partial charge in [-0.05, 0) is 25.7 Å². The van der Waals surface area contributed by atoms with Gasteiger partial charge in [0.05, 0.1) is 6.10 Å². The molecule has 1 atom stereocenters. The van der Waals surface area contributed by atoms with Crippen molar-refractivity contribution in [2.24, 2.45) is 0 Å². The highest BCUT2D eigenvalue weighted by Gasteiger charge is 2.04. The van der Waals surface area contributed by atoms with Crippen molar-refractivity contribution in [2.75, 3.05) is 0 Å². The molecule has 0 bridgehead atoms. The van der Waals surface area contributed by atoms with Crippen LogP contribution in [0.3, 0.4) is 0 Å². The highest BCUT2D eigenvalue weighted by atomic mass is 16.4. The molecular weight excluding hydrogens is 192 g/mol. The molecule has 0 aromatic rings. The summed E-state index contributed by atoms with van der Waals surface area (Å²) in [5, 5.41) is 17.8. The minimum Gasteiger partial charge on any atom is -0.481 e. The maximum absolute atomic E-state index is 10.2. The van der Waals surface area contributed by atoms with Crippen LogP contribution in [-0.4, -0.2) is 22.3 Å². The molecule has 0 radical (unpaired) electrons. The lowest BCUT2D eigenvalue weighted by molar-refractivity contribution is -0.137. The van der Waals surface area contributed by atoms with E-state index in [0.29, 0.717) is 12.8 Å². The van der Waals surface area contributed by atoms with Gasteiger partial charge in [0.1, 0.15) is 0 Å². The Morgan fingerprint density at radius 1 is 1.33 bits per heavy atom. The fourth-order valence-corrected chi connectivity index (χ4v) is 1.29. The fourth-order valence-electron chi connectivity index (χ4n) is 1.29. The van der Waals surface area contributed by atoms with Crippen molar-refractivity contribution in [2.45, 2.75) is 58.0 Å². The van der Waals surface area contributed by atoms with Crippen LogP contribution in [0.2, 0.25) is 0 Å². The molecule has 0 amide bonds. The Labute approximate surface area is 91.8 Å². The van der Waals surface area contributed by atoms with Crippen LogP contribution in [0.4, 0.5) is 0 Å². The number of carbonyl (C=O) groups is 1. The summed E-state index contributed by atoms with van der Waals surface area (Å²) in [4.78, 5) is 10.2. The second kappa shape index (κ2) is 9.71. The van der Waals surface area contributed by atoms with Crippen molar-refractivity contribution in [3.05, 3.63) is 12.2 Å². The Morgan fingerprint density at radius 3 is 2.67 bits per heavy atom. The zero-order valence-electron chi connectivity index (χ0n) is 9.48. The second-order valence-corrected chi connectivity index (χ2v) is 3.79. The molecule has 1 unspecified atom stereocenters. The quantitative estimate of drug-likeness (QED) is 0.458. The normalized spacial score (nSPS) is 13.2. The first-order chi connectivity index (χ1) is 7.16. The summed E-state index contributed by atoms with van der Waals surface area (Å²) >= 11 is 0. The first kappa shape index (κ1) is 14.2. The number of aliphatic carboxylic acids is 1. The maximum atomic E-state index is 10.2. The molecule has 0 fully saturated rings. The van der Waals surface area contributed by atoms with Crippen LogP contribution >= 0.6 is 0 Å². The number of hydrogen-bond acceptors (Lipinski definition) is 2. The van der Waals surface area contributed by atoms with E-state index in [2.05, 4.69) is 13.0 Å². The van der Waals surface area contributed by atoms with Crippen molar-refractivity contribution >= 4 is 5.97 Å². The molecule has 0 rings (SSSR count). The van der Waals surface area contributed by atoms with Gasteiger partial charge in [-0.2, -0.15) is 0 Å². The number of carboxylic acids is 1. The Balaban J connectivity index is 3.36. The first-order valence-corrected chi connectivity index (χ1v) is 5.71. The Kier molecular flexibility index (Phi) is 9.18. The lowest BCUT2D eigenvalue weighted by Gasteiger charge is -2.04. The lowest BCUT2D eigenvalue weighted by Crippen LogP contribution is -2.07. The van der Waals surface area contributed by atoms with Crippen molar-refractivity contribution in [3.8, 4) is 0 Å². The minimum atomic E-state index is -0.846. The summed E-state index contributed by atoms with van der Waals surface area (Å²) in [5.41, 5.74) is 0. The van der Waals surface area contributed by atoms with E-state index in [4.69, 9.17) is 5.11 Å². The second-order valence-electron chi connectivity index (χ2n) is 3.79. The molecule has 15 heavy (non-hydrogen) atoms. The topological polar surface area (TPSA) is 57.5 Å². The van der Waals surface area contributed by atoms with Gasteiger partial charge < -0.3 is 10.2 Å². The van der Waals surface area contributed by atoms with Crippen LogP contribution in [0.15, 0.2) is 12.2 Å². The zero-order valence-corrected chi connectivity index (χ0v) is 9.48. The first-order valence-electron chi connectivity index (χ1n) is 5.71. The predicted molar refractivity (Wildman–Crippen MR) is 60.8 cm³/mol. The molecule has 0 aliphatic carbocycles. The van der Waals surface area contributed by atoms with Crippen LogP contribution in [0.5, 0.6) is 0 Å². The van der Waals surface area contributed by atoms with E-state index in [-0.39, 0.29) is 6.42 Å². The average molecular weight is 214 g/mol. The zero-order chi connectivity index (χ0) is 11.5. The highest BCUT2D eigenvalue weighted by Crippen LogP contribution is 2.05. The molecule has 0 heterocycles. The molecule has 3 nitrogen and oxygen atoms in total. The smallest absolute Gasteiger partial charge is 0.303 e. The lowest BCUT2D eigenvalue weighted by atomic mass is 10.1. The number of aliphatic hydroxyl groups excluding tert-OH is 1. The van der Waals surface area contributed by atoms with E-state index in [1.165, 1.54) is 19.3 Å². The Bertz CT molecular complexity index is 187. The molecule has 0 aliphatic rings. The van der Waals surface area contributed by atoms with E-state index in [1.54, 1.807) is 0 Å². The molecule has 0 saturated carbocycles. The van der Waals surface area contributed by atoms with Crippen molar-refractivity contribution in [1.82, 2.24) is 0 Å². The third kappa shape index (κ3) is 11.1. The molecule has 0 aromatic heterocycles. The van der Waals surface area contributed by atoms with Crippen molar-refractivity contribution in [3.63, 3.8) is 0 Å². The number of rotatable bonds is 9. The maximum Gasteiger partial charge on any atom is 0.303 e. The summed E-state index contributed by atoms with van der Waals surface area (Å²) < 4.78 is 0. The number of aliphatic hydroxyl groups is 1. The van der Waals surface area contributed by atoms with E-state index >= 15 is 0 Å². The van der Waals surface area contributed by atoms with E-state index in [9.17, 15) is 9.90 Å². The van der Waals surface area contributed by atoms with Gasteiger partial charge in [0.2, 0.25) is 0 Å². The largest absolute Gasteiger partial charge is 0.481 e. The summed E-state index contributed by atoms with van der Waals surface area (Å²) in [6.07, 6.45) is 9.17. The van der Waals surface area contributed by atoms with Gasteiger partial charge in [0, 0.05) is 6.42 Å². The molecule has 0 aliphatic heterocycles. The van der Waals surface area contributed by atoms with Gasteiger partial charge in [-0.25, -0.2) is 0 Å². The minimum absolute atomic E-state index is 0.0465. The summed E-state index contributed by atoms with van der Waals surface area (Å²) in [7, 11) is 0. The number of hydrogen-bond donors (Lipinski definition) is 2. The van der Waals surface area contributed by atoms with Gasteiger partial charge >= 0.3 is 5.97 Å². The number of unbranched alkanes of at least 4 members (excludes halogenated alkanes) is 3. The third-order valence-electron chi connectivity index (χ3n) is 2.24. The SMILES string of the molecule is CCCCC/C=C\CC(O)CCC(=O)O. The van der Waals surface area contributed by atoms with Crippen molar-refractivity contribution < 1.29 is 15.0 Å². The molecule has 0 saturated heterocycles. The van der Waals surface area contributed by atoms with E-state index < -0.39 is 12.1 Å².